The van der Waals surface area contributed by atoms with Crippen molar-refractivity contribution < 1.29 is 4.74 Å². The van der Waals surface area contributed by atoms with E-state index in [4.69, 9.17) is 11.2 Å². The number of hydrogen-bond donors (Lipinski definition) is 0. The van der Waals surface area contributed by atoms with Crippen molar-refractivity contribution in [2.75, 3.05) is 7.11 Å². The Morgan fingerprint density at radius 3 is 2.81 bits per heavy atom. The zero-order valence-electron chi connectivity index (χ0n) is 8.97. The fraction of sp³-hybridized carbons (Fsp3) is 0.0714. The maximum absolute atomic E-state index is 5.36. The molecule has 1 aromatic heterocycles. The van der Waals surface area contributed by atoms with Crippen LogP contribution in [0.2, 0.25) is 0 Å². The molecular formula is C14H11NO. The van der Waals surface area contributed by atoms with Crippen molar-refractivity contribution in [3.8, 4) is 29.2 Å². The third kappa shape index (κ3) is 2.04. The van der Waals surface area contributed by atoms with E-state index in [2.05, 4.69) is 10.9 Å². The molecule has 2 nitrogen and oxygen atoms in total. The molecule has 2 aromatic rings. The fourth-order valence-electron chi connectivity index (χ4n) is 1.48. The number of aromatic nitrogens is 1. The Hall–Kier alpha value is -2.27. The van der Waals surface area contributed by atoms with Crippen molar-refractivity contribution in [3.63, 3.8) is 0 Å². The number of hydrogen-bond acceptors (Lipinski definition) is 2. The molecule has 0 bridgehead atoms. The van der Waals surface area contributed by atoms with Gasteiger partial charge in [0.05, 0.1) is 13.3 Å². The molecule has 0 N–H and O–H groups in total. The fourth-order valence-corrected chi connectivity index (χ4v) is 1.48. The van der Waals surface area contributed by atoms with Crippen LogP contribution in [-0.2, 0) is 0 Å². The van der Waals surface area contributed by atoms with Crippen molar-refractivity contribution in [2.45, 2.75) is 0 Å². The summed E-state index contributed by atoms with van der Waals surface area (Å²) in [7, 11) is 1.62. The van der Waals surface area contributed by atoms with Crippen molar-refractivity contribution >= 4 is 0 Å². The molecule has 0 aliphatic heterocycles. The summed E-state index contributed by atoms with van der Waals surface area (Å²) in [6, 6.07) is 9.72. The van der Waals surface area contributed by atoms with E-state index in [0.29, 0.717) is 0 Å². The van der Waals surface area contributed by atoms with Gasteiger partial charge in [0, 0.05) is 17.3 Å². The average Bonchev–Trinajstić information content (AvgIpc) is 2.39. The predicted octanol–water partition coefficient (Wildman–Crippen LogP) is 2.74. The monoisotopic (exact) mass is 209 g/mol. The van der Waals surface area contributed by atoms with E-state index in [1.54, 1.807) is 19.5 Å². The van der Waals surface area contributed by atoms with E-state index in [-0.39, 0.29) is 0 Å². The Morgan fingerprint density at radius 2 is 2.06 bits per heavy atom. The van der Waals surface area contributed by atoms with Crippen molar-refractivity contribution in [2.24, 2.45) is 0 Å². The first-order valence-electron chi connectivity index (χ1n) is 4.89. The second-order valence-electron chi connectivity index (χ2n) is 3.34. The molecule has 0 atom stereocenters. The first kappa shape index (κ1) is 10.3. The lowest BCUT2D eigenvalue weighted by molar-refractivity contribution is 0.413. The van der Waals surface area contributed by atoms with Gasteiger partial charge in [0.25, 0.3) is 0 Å². The minimum absolute atomic E-state index is 0.739. The summed E-state index contributed by atoms with van der Waals surface area (Å²) in [6.07, 6.45) is 8.83. The molecule has 0 spiro atoms. The third-order valence-electron chi connectivity index (χ3n) is 2.31. The number of nitrogens with zero attached hydrogens (tertiary/aromatic N) is 1. The third-order valence-corrected chi connectivity index (χ3v) is 2.31. The molecule has 0 amide bonds. The van der Waals surface area contributed by atoms with Crippen LogP contribution in [0, 0.1) is 12.3 Å². The Bertz CT molecular complexity index is 540. The van der Waals surface area contributed by atoms with Crippen molar-refractivity contribution in [1.29, 1.82) is 0 Å². The van der Waals surface area contributed by atoms with Crippen LogP contribution < -0.4 is 4.74 Å². The van der Waals surface area contributed by atoms with Gasteiger partial charge in [0.2, 0.25) is 0 Å². The summed E-state index contributed by atoms with van der Waals surface area (Å²) in [5, 5.41) is 0. The Balaban J connectivity index is 2.46. The van der Waals surface area contributed by atoms with Crippen molar-refractivity contribution in [3.05, 3.63) is 48.3 Å². The summed E-state index contributed by atoms with van der Waals surface area (Å²) in [5.41, 5.74) is 2.90. The number of methoxy groups -OCH3 is 1. The first-order chi connectivity index (χ1) is 7.83. The normalized spacial score (nSPS) is 9.50. The quantitative estimate of drug-likeness (QED) is 0.709. The molecule has 0 unspecified atom stereocenters. The van der Waals surface area contributed by atoms with E-state index < -0.39 is 0 Å². The van der Waals surface area contributed by atoms with Gasteiger partial charge in [-0.25, -0.2) is 0 Å². The van der Waals surface area contributed by atoms with Crippen LogP contribution >= 0.6 is 0 Å². The van der Waals surface area contributed by atoms with Gasteiger partial charge >= 0.3 is 0 Å². The second-order valence-corrected chi connectivity index (χ2v) is 3.34. The standard InChI is InChI=1S/C14H11NO/c1-3-11-5-4-6-12(7-11)13-8-14(16-2)10-15-9-13/h1,4-10H,2H3. The lowest BCUT2D eigenvalue weighted by Gasteiger charge is -2.04. The highest BCUT2D eigenvalue weighted by Crippen LogP contribution is 2.22. The van der Waals surface area contributed by atoms with Gasteiger partial charge in [-0.3, -0.25) is 4.98 Å². The van der Waals surface area contributed by atoms with Crippen LogP contribution in [0.1, 0.15) is 5.56 Å². The van der Waals surface area contributed by atoms with Gasteiger partial charge in [-0.1, -0.05) is 18.1 Å². The zero-order chi connectivity index (χ0) is 11.4. The molecule has 2 heteroatoms. The van der Waals surface area contributed by atoms with Gasteiger partial charge in [-0.15, -0.1) is 6.42 Å². The molecule has 1 heterocycles. The highest BCUT2D eigenvalue weighted by Gasteiger charge is 2.00. The average molecular weight is 209 g/mol. The Kier molecular flexibility index (Phi) is 2.88. The van der Waals surface area contributed by atoms with E-state index in [1.807, 2.05) is 30.3 Å². The molecule has 2 rings (SSSR count). The molecule has 1 aromatic carbocycles. The summed E-state index contributed by atoms with van der Waals surface area (Å²) in [4.78, 5) is 4.11. The molecule has 16 heavy (non-hydrogen) atoms. The highest BCUT2D eigenvalue weighted by atomic mass is 16.5. The maximum atomic E-state index is 5.36. The van der Waals surface area contributed by atoms with Gasteiger partial charge < -0.3 is 4.74 Å². The second kappa shape index (κ2) is 4.50. The van der Waals surface area contributed by atoms with Gasteiger partial charge in [0.15, 0.2) is 0 Å². The molecule has 0 aliphatic carbocycles. The predicted molar refractivity (Wildman–Crippen MR) is 64.2 cm³/mol. The number of terminal acetylenes is 1. The summed E-state index contributed by atoms with van der Waals surface area (Å²) in [5.74, 6) is 3.35. The minimum Gasteiger partial charge on any atom is -0.495 e. The van der Waals surface area contributed by atoms with E-state index in [9.17, 15) is 0 Å². The SMILES string of the molecule is C#Cc1cccc(-c2cncc(OC)c2)c1. The van der Waals surface area contributed by atoms with Gasteiger partial charge in [-0.2, -0.15) is 0 Å². The van der Waals surface area contributed by atoms with Crippen molar-refractivity contribution in [1.82, 2.24) is 4.98 Å². The van der Waals surface area contributed by atoms with Crippen LogP contribution in [0.5, 0.6) is 5.75 Å². The molecule has 0 fully saturated rings. The van der Waals surface area contributed by atoms with Crippen LogP contribution in [0.25, 0.3) is 11.1 Å². The maximum Gasteiger partial charge on any atom is 0.137 e. The van der Waals surface area contributed by atoms with E-state index in [0.717, 1.165) is 22.4 Å². The first-order valence-corrected chi connectivity index (χ1v) is 4.89. The zero-order valence-corrected chi connectivity index (χ0v) is 8.97. The topological polar surface area (TPSA) is 22.1 Å². The Labute approximate surface area is 94.9 Å². The highest BCUT2D eigenvalue weighted by molar-refractivity contribution is 5.65. The minimum atomic E-state index is 0.739. The molecule has 78 valence electrons. The van der Waals surface area contributed by atoms with Crippen LogP contribution in [0.3, 0.4) is 0 Å². The largest absolute Gasteiger partial charge is 0.495 e. The van der Waals surface area contributed by atoms with Crippen LogP contribution in [0.15, 0.2) is 42.7 Å². The number of ether oxygens (including phenoxy) is 1. The number of pyridine rings is 1. The Morgan fingerprint density at radius 1 is 1.19 bits per heavy atom. The lowest BCUT2D eigenvalue weighted by Crippen LogP contribution is -1.86. The van der Waals surface area contributed by atoms with Crippen LogP contribution in [0.4, 0.5) is 0 Å². The van der Waals surface area contributed by atoms with E-state index in [1.165, 1.54) is 0 Å². The number of rotatable bonds is 2. The van der Waals surface area contributed by atoms with Gasteiger partial charge in [-0.05, 0) is 23.8 Å². The molecule has 0 aliphatic rings. The molecule has 0 saturated heterocycles. The molecular weight excluding hydrogens is 198 g/mol. The smallest absolute Gasteiger partial charge is 0.137 e. The molecule has 0 radical (unpaired) electrons. The van der Waals surface area contributed by atoms with E-state index >= 15 is 0 Å². The van der Waals surface area contributed by atoms with Crippen LogP contribution in [-0.4, -0.2) is 12.1 Å². The number of benzene rings is 1. The summed E-state index contributed by atoms with van der Waals surface area (Å²) in [6.45, 7) is 0. The lowest BCUT2D eigenvalue weighted by atomic mass is 10.1. The summed E-state index contributed by atoms with van der Waals surface area (Å²) >= 11 is 0. The molecule has 0 saturated carbocycles. The summed E-state index contributed by atoms with van der Waals surface area (Å²) < 4.78 is 5.13. The van der Waals surface area contributed by atoms with Gasteiger partial charge in [0.1, 0.15) is 5.75 Å².